The number of hydrogen-bond acceptors (Lipinski definition) is 2. The highest BCUT2D eigenvalue weighted by Crippen LogP contribution is 2.67. The van der Waals surface area contributed by atoms with Crippen molar-refractivity contribution in [3.05, 3.63) is 0 Å². The van der Waals surface area contributed by atoms with Gasteiger partial charge in [0.15, 0.2) is 0 Å². The van der Waals surface area contributed by atoms with Gasteiger partial charge in [-0.1, -0.05) is 13.8 Å². The van der Waals surface area contributed by atoms with Gasteiger partial charge in [0.25, 0.3) is 0 Å². The summed E-state index contributed by atoms with van der Waals surface area (Å²) in [6.07, 6.45) is 12.4. The fraction of sp³-hybridized carbons (Fsp3) is 0.960. The first kappa shape index (κ1) is 20.7. The van der Waals surface area contributed by atoms with Crippen LogP contribution in [0.1, 0.15) is 85.5 Å². The van der Waals surface area contributed by atoms with Gasteiger partial charge in [0.1, 0.15) is 0 Å². The molecular formula is C25H44N2O. The molecule has 4 fully saturated rings. The average molecular weight is 389 g/mol. The Bertz CT molecular complexity index is 603. The monoisotopic (exact) mass is 388 g/mol. The minimum absolute atomic E-state index is 0.155. The van der Waals surface area contributed by atoms with Crippen LogP contribution in [0.5, 0.6) is 0 Å². The molecule has 4 rings (SSSR count). The van der Waals surface area contributed by atoms with Crippen LogP contribution in [0.15, 0.2) is 0 Å². The number of carbonyl (C=O) groups is 1. The Hall–Kier alpha value is -0.570. The van der Waals surface area contributed by atoms with Gasteiger partial charge in [-0.2, -0.15) is 0 Å². The molecule has 1 amide bonds. The van der Waals surface area contributed by atoms with Gasteiger partial charge in [0.05, 0.1) is 0 Å². The molecule has 0 bridgehead atoms. The Morgan fingerprint density at radius 3 is 2.32 bits per heavy atom. The van der Waals surface area contributed by atoms with Gasteiger partial charge in [0.2, 0.25) is 5.91 Å². The molecule has 0 spiro atoms. The molecule has 0 aromatic heterocycles. The molecule has 4 aliphatic carbocycles. The first-order valence-corrected chi connectivity index (χ1v) is 12.1. The zero-order valence-electron chi connectivity index (χ0n) is 19.3. The van der Waals surface area contributed by atoms with Crippen molar-refractivity contribution in [1.82, 2.24) is 10.2 Å². The Kier molecular flexibility index (Phi) is 5.39. The van der Waals surface area contributed by atoms with Crippen molar-refractivity contribution < 1.29 is 4.79 Å². The maximum atomic E-state index is 11.6. The summed E-state index contributed by atoms with van der Waals surface area (Å²) in [5, 5.41) is 3.23. The first-order valence-electron chi connectivity index (χ1n) is 12.1. The van der Waals surface area contributed by atoms with E-state index in [0.717, 1.165) is 29.6 Å². The van der Waals surface area contributed by atoms with Crippen molar-refractivity contribution in [2.75, 3.05) is 14.1 Å². The lowest BCUT2D eigenvalue weighted by molar-refractivity contribution is -0.126. The van der Waals surface area contributed by atoms with Crippen LogP contribution in [0.2, 0.25) is 0 Å². The predicted octanol–water partition coefficient (Wildman–Crippen LogP) is 5.10. The zero-order chi connectivity index (χ0) is 20.3. The fourth-order valence-electron chi connectivity index (χ4n) is 8.87. The van der Waals surface area contributed by atoms with Crippen molar-refractivity contribution in [1.29, 1.82) is 0 Å². The van der Waals surface area contributed by atoms with Gasteiger partial charge in [0, 0.05) is 19.0 Å². The normalized spacial score (nSPS) is 49.1. The second kappa shape index (κ2) is 7.29. The van der Waals surface area contributed by atoms with Crippen molar-refractivity contribution in [3.63, 3.8) is 0 Å². The van der Waals surface area contributed by atoms with Gasteiger partial charge in [-0.15, -0.1) is 0 Å². The van der Waals surface area contributed by atoms with Crippen LogP contribution in [0, 0.1) is 40.4 Å². The molecule has 0 saturated heterocycles. The second-order valence-electron chi connectivity index (χ2n) is 11.8. The van der Waals surface area contributed by atoms with Crippen LogP contribution in [-0.4, -0.2) is 37.0 Å². The maximum absolute atomic E-state index is 11.6. The second-order valence-corrected chi connectivity index (χ2v) is 11.8. The third-order valence-electron chi connectivity index (χ3n) is 10.5. The number of rotatable bonds is 3. The number of carbonyl (C=O) groups excluding carboxylic acids is 1. The highest BCUT2D eigenvalue weighted by atomic mass is 16.1. The van der Waals surface area contributed by atoms with E-state index < -0.39 is 0 Å². The van der Waals surface area contributed by atoms with Gasteiger partial charge < -0.3 is 10.2 Å². The summed E-state index contributed by atoms with van der Waals surface area (Å²) in [6, 6.07) is 1.13. The van der Waals surface area contributed by atoms with Crippen LogP contribution in [-0.2, 0) is 4.79 Å². The van der Waals surface area contributed by atoms with Crippen molar-refractivity contribution in [3.8, 4) is 0 Å². The number of amides is 1. The van der Waals surface area contributed by atoms with E-state index in [1.807, 2.05) is 0 Å². The van der Waals surface area contributed by atoms with Crippen LogP contribution in [0.4, 0.5) is 0 Å². The molecule has 0 aliphatic heterocycles. The molecule has 4 aliphatic rings. The van der Waals surface area contributed by atoms with E-state index in [9.17, 15) is 4.79 Å². The SMILES string of the molecule is CC(=O)N[C@H]1CC[C@@]2(C)[C@@H](CC[C@H]3[C@@H]2CC[C@]2(C)[C@@H]([C@H](C)N(C)C)CC[C@@H]32)C1. The van der Waals surface area contributed by atoms with Gasteiger partial charge in [-0.05, 0) is 119 Å². The molecule has 0 aromatic rings. The summed E-state index contributed by atoms with van der Waals surface area (Å²) in [4.78, 5) is 14.0. The lowest BCUT2D eigenvalue weighted by atomic mass is 9.44. The maximum Gasteiger partial charge on any atom is 0.217 e. The first-order chi connectivity index (χ1) is 13.2. The Balaban J connectivity index is 1.52. The largest absolute Gasteiger partial charge is 0.354 e. The molecule has 28 heavy (non-hydrogen) atoms. The molecule has 9 atom stereocenters. The molecular weight excluding hydrogens is 344 g/mol. The van der Waals surface area contributed by atoms with Crippen molar-refractivity contribution in [2.45, 2.75) is 97.6 Å². The summed E-state index contributed by atoms with van der Waals surface area (Å²) in [6.45, 7) is 9.44. The highest BCUT2D eigenvalue weighted by molar-refractivity contribution is 5.73. The van der Waals surface area contributed by atoms with Crippen LogP contribution in [0.3, 0.4) is 0 Å². The quantitative estimate of drug-likeness (QED) is 0.729. The lowest BCUT2D eigenvalue weighted by Gasteiger charge is -2.61. The Morgan fingerprint density at radius 2 is 1.64 bits per heavy atom. The fourth-order valence-corrected chi connectivity index (χ4v) is 8.87. The van der Waals surface area contributed by atoms with Gasteiger partial charge in [-0.25, -0.2) is 0 Å². The van der Waals surface area contributed by atoms with Crippen LogP contribution < -0.4 is 5.32 Å². The smallest absolute Gasteiger partial charge is 0.217 e. The lowest BCUT2D eigenvalue weighted by Crippen LogP contribution is -2.56. The van der Waals surface area contributed by atoms with E-state index in [4.69, 9.17) is 0 Å². The van der Waals surface area contributed by atoms with Crippen LogP contribution in [0.25, 0.3) is 0 Å². The number of hydrogen-bond donors (Lipinski definition) is 1. The summed E-state index contributed by atoms with van der Waals surface area (Å²) in [5.41, 5.74) is 1.08. The van der Waals surface area contributed by atoms with Gasteiger partial charge >= 0.3 is 0 Å². The summed E-state index contributed by atoms with van der Waals surface area (Å²) >= 11 is 0. The molecule has 0 heterocycles. The Morgan fingerprint density at radius 1 is 0.964 bits per heavy atom. The van der Waals surface area contributed by atoms with Crippen LogP contribution >= 0.6 is 0 Å². The zero-order valence-corrected chi connectivity index (χ0v) is 19.3. The standard InChI is InChI=1S/C25H44N2O/c1-16(27(5)6)21-9-10-22-20-8-7-18-15-19(26-17(2)28)11-13-24(18,3)23(20)12-14-25(21,22)4/h16,18-23H,7-15H2,1-6H3,(H,26,28)/t16-,18-,19-,20+,21+,22-,23-,24-,25+/m0/s1. The number of fused-ring (bicyclic) bond motifs is 5. The minimum atomic E-state index is 0.155. The molecule has 3 heteroatoms. The topological polar surface area (TPSA) is 32.3 Å². The van der Waals surface area contributed by atoms with E-state index in [1.54, 1.807) is 6.92 Å². The van der Waals surface area contributed by atoms with Gasteiger partial charge in [-0.3, -0.25) is 4.79 Å². The molecule has 0 aromatic carbocycles. The Labute approximate surface area is 173 Å². The molecule has 0 unspecified atom stereocenters. The summed E-state index contributed by atoms with van der Waals surface area (Å²) in [7, 11) is 4.54. The number of nitrogens with one attached hydrogen (secondary N) is 1. The van der Waals surface area contributed by atoms with E-state index in [2.05, 4.69) is 45.1 Å². The molecule has 1 N–H and O–H groups in total. The third kappa shape index (κ3) is 3.15. The van der Waals surface area contributed by atoms with Crippen molar-refractivity contribution in [2.24, 2.45) is 40.4 Å². The molecule has 0 radical (unpaired) electrons. The molecule has 3 nitrogen and oxygen atoms in total. The van der Waals surface area contributed by atoms with E-state index >= 15 is 0 Å². The van der Waals surface area contributed by atoms with E-state index in [0.29, 0.717) is 22.9 Å². The molecule has 160 valence electrons. The number of nitrogens with zero attached hydrogens (tertiary/aromatic N) is 1. The predicted molar refractivity (Wildman–Crippen MR) is 116 cm³/mol. The molecule has 4 saturated carbocycles. The van der Waals surface area contributed by atoms with Crippen molar-refractivity contribution >= 4 is 5.91 Å². The van der Waals surface area contributed by atoms with E-state index in [-0.39, 0.29) is 5.91 Å². The van der Waals surface area contributed by atoms with E-state index in [1.165, 1.54) is 57.8 Å². The minimum Gasteiger partial charge on any atom is -0.354 e. The average Bonchev–Trinajstić information content (AvgIpc) is 2.98. The summed E-state index contributed by atoms with van der Waals surface area (Å²) < 4.78 is 0. The summed E-state index contributed by atoms with van der Waals surface area (Å²) in [5.74, 6) is 4.68. The third-order valence-corrected chi connectivity index (χ3v) is 10.5. The highest BCUT2D eigenvalue weighted by Gasteiger charge is 2.60.